The van der Waals surface area contributed by atoms with E-state index in [-0.39, 0.29) is 47.2 Å². The van der Waals surface area contributed by atoms with E-state index in [9.17, 15) is 9.59 Å². The van der Waals surface area contributed by atoms with Crippen molar-refractivity contribution in [2.24, 2.45) is 0 Å². The standard InChI is InChI=1S/2C3H6O.La/c2*1-3(2)4;/h2*1-2H3;. The smallest absolute Gasteiger partial charge is 0.126 e. The van der Waals surface area contributed by atoms with E-state index in [1.54, 1.807) is 0 Å². The first-order valence-corrected chi connectivity index (χ1v) is 2.41. The molecule has 0 saturated carbocycles. The molecular weight excluding hydrogens is 243 g/mol. The summed E-state index contributed by atoms with van der Waals surface area (Å²) in [5.74, 6) is 0.333. The molecule has 0 N–H and O–H groups in total. The zero-order valence-electron chi connectivity index (χ0n) is 6.39. The molecule has 0 unspecified atom stereocenters. The number of hydrogen-bond acceptors (Lipinski definition) is 2. The van der Waals surface area contributed by atoms with Crippen molar-refractivity contribution in [3.63, 3.8) is 0 Å². The van der Waals surface area contributed by atoms with Gasteiger partial charge in [-0.3, -0.25) is 0 Å². The normalized spacial score (nSPS) is 5.78. The van der Waals surface area contributed by atoms with Crippen molar-refractivity contribution in [2.45, 2.75) is 27.7 Å². The van der Waals surface area contributed by atoms with E-state index in [0.29, 0.717) is 0 Å². The molecule has 0 aromatic rings. The third-order valence-electron chi connectivity index (χ3n) is 0. The fraction of sp³-hybridized carbons (Fsp3) is 0.667. The van der Waals surface area contributed by atoms with Gasteiger partial charge in [-0.2, -0.15) is 0 Å². The maximum absolute atomic E-state index is 9.44. The fourth-order valence-electron chi connectivity index (χ4n) is 0. The van der Waals surface area contributed by atoms with Gasteiger partial charge in [0.05, 0.1) is 0 Å². The summed E-state index contributed by atoms with van der Waals surface area (Å²) in [4.78, 5) is 18.9. The molecule has 0 aliphatic heterocycles. The van der Waals surface area contributed by atoms with Crippen LogP contribution in [-0.4, -0.2) is 11.6 Å². The molecule has 0 fully saturated rings. The Labute approximate surface area is 84.0 Å². The molecule has 0 bridgehead atoms. The zero-order chi connectivity index (χ0) is 7.15. The molecule has 0 heterocycles. The number of hydrogen-bond donors (Lipinski definition) is 0. The van der Waals surface area contributed by atoms with Crippen molar-refractivity contribution in [3.8, 4) is 0 Å². The van der Waals surface area contributed by atoms with Gasteiger partial charge in [0, 0.05) is 35.6 Å². The molecule has 0 amide bonds. The van der Waals surface area contributed by atoms with Crippen LogP contribution in [0, 0.1) is 35.6 Å². The van der Waals surface area contributed by atoms with E-state index in [2.05, 4.69) is 0 Å². The van der Waals surface area contributed by atoms with Crippen LogP contribution in [0.3, 0.4) is 0 Å². The second kappa shape index (κ2) is 11.3. The number of ketones is 2. The van der Waals surface area contributed by atoms with Crippen molar-refractivity contribution in [1.82, 2.24) is 0 Å². The first kappa shape index (κ1) is 16.3. The van der Waals surface area contributed by atoms with Gasteiger partial charge in [-0.05, 0) is 27.7 Å². The van der Waals surface area contributed by atoms with Gasteiger partial charge < -0.3 is 9.59 Å². The molecule has 0 atom stereocenters. The van der Waals surface area contributed by atoms with E-state index in [4.69, 9.17) is 0 Å². The van der Waals surface area contributed by atoms with Gasteiger partial charge in [0.15, 0.2) is 0 Å². The summed E-state index contributed by atoms with van der Waals surface area (Å²) in [6.07, 6.45) is 0. The second-order valence-electron chi connectivity index (χ2n) is 1.82. The molecule has 3 heteroatoms. The van der Waals surface area contributed by atoms with Crippen LogP contribution in [0.25, 0.3) is 0 Å². The number of carbonyl (C=O) groups excluding carboxylic acids is 2. The number of Topliss-reactive ketones (excluding diaryl/α,β-unsaturated/α-hetero) is 2. The Morgan fingerprint density at radius 3 is 0.778 bits per heavy atom. The van der Waals surface area contributed by atoms with Gasteiger partial charge in [0.25, 0.3) is 0 Å². The minimum atomic E-state index is 0. The Bertz CT molecular complexity index is 69.1. The fourth-order valence-corrected chi connectivity index (χ4v) is 0. The van der Waals surface area contributed by atoms with E-state index >= 15 is 0 Å². The van der Waals surface area contributed by atoms with Crippen LogP contribution in [0.2, 0.25) is 0 Å². The minimum Gasteiger partial charge on any atom is -0.300 e. The van der Waals surface area contributed by atoms with Gasteiger partial charge in [0.2, 0.25) is 0 Å². The molecule has 0 aliphatic rings. The first-order valence-electron chi connectivity index (χ1n) is 2.41. The number of carbonyl (C=O) groups is 2. The molecule has 51 valence electrons. The molecular formula is C6H12LaO2. The average molecular weight is 255 g/mol. The van der Waals surface area contributed by atoms with Crippen molar-refractivity contribution in [3.05, 3.63) is 0 Å². The van der Waals surface area contributed by atoms with Gasteiger partial charge in [0.1, 0.15) is 11.6 Å². The summed E-state index contributed by atoms with van der Waals surface area (Å²) in [5, 5.41) is 0. The van der Waals surface area contributed by atoms with E-state index in [0.717, 1.165) is 0 Å². The molecule has 2 nitrogen and oxygen atoms in total. The Morgan fingerprint density at radius 1 is 0.778 bits per heavy atom. The summed E-state index contributed by atoms with van der Waals surface area (Å²) < 4.78 is 0. The van der Waals surface area contributed by atoms with Gasteiger partial charge in [-0.25, -0.2) is 0 Å². The van der Waals surface area contributed by atoms with Crippen molar-refractivity contribution < 1.29 is 45.2 Å². The first-order chi connectivity index (χ1) is 3.46. The SMILES string of the molecule is CC(C)=O.CC(C)=O.[La]. The monoisotopic (exact) mass is 255 g/mol. The van der Waals surface area contributed by atoms with Crippen LogP contribution in [0.15, 0.2) is 0 Å². The van der Waals surface area contributed by atoms with E-state index < -0.39 is 0 Å². The van der Waals surface area contributed by atoms with Gasteiger partial charge in [-0.15, -0.1) is 0 Å². The molecule has 0 spiro atoms. The minimum absolute atomic E-state index is 0. The Morgan fingerprint density at radius 2 is 0.778 bits per heavy atom. The molecule has 0 saturated heterocycles. The Hall–Kier alpha value is 0.535. The predicted octanol–water partition coefficient (Wildman–Crippen LogP) is 1.19. The third-order valence-corrected chi connectivity index (χ3v) is 0. The molecule has 0 aromatic carbocycles. The maximum atomic E-state index is 9.44. The van der Waals surface area contributed by atoms with Gasteiger partial charge >= 0.3 is 0 Å². The Balaban J connectivity index is -0.0000000720. The average Bonchev–Trinajstić information content (AvgIpc) is 1.25. The van der Waals surface area contributed by atoms with Crippen molar-refractivity contribution >= 4 is 11.6 Å². The summed E-state index contributed by atoms with van der Waals surface area (Å²) in [6.45, 7) is 6.11. The van der Waals surface area contributed by atoms with Crippen LogP contribution in [0.1, 0.15) is 27.7 Å². The summed E-state index contributed by atoms with van der Waals surface area (Å²) >= 11 is 0. The number of rotatable bonds is 0. The molecule has 9 heavy (non-hydrogen) atoms. The van der Waals surface area contributed by atoms with Crippen LogP contribution in [0.4, 0.5) is 0 Å². The van der Waals surface area contributed by atoms with Crippen molar-refractivity contribution in [2.75, 3.05) is 0 Å². The van der Waals surface area contributed by atoms with Gasteiger partial charge in [-0.1, -0.05) is 0 Å². The molecule has 0 rings (SSSR count). The zero-order valence-corrected chi connectivity index (χ0v) is 10.0. The summed E-state index contributed by atoms with van der Waals surface area (Å²) in [6, 6.07) is 0. The third kappa shape index (κ3) is 1270. The van der Waals surface area contributed by atoms with Crippen LogP contribution in [0.5, 0.6) is 0 Å². The maximum Gasteiger partial charge on any atom is 0.126 e. The topological polar surface area (TPSA) is 34.1 Å². The predicted molar refractivity (Wildman–Crippen MR) is 32.7 cm³/mol. The van der Waals surface area contributed by atoms with Crippen LogP contribution in [-0.2, 0) is 9.59 Å². The van der Waals surface area contributed by atoms with E-state index in [1.165, 1.54) is 27.7 Å². The van der Waals surface area contributed by atoms with Crippen molar-refractivity contribution in [1.29, 1.82) is 0 Å². The molecule has 1 radical (unpaired) electrons. The quantitative estimate of drug-likeness (QED) is 0.651. The molecule has 0 aromatic heterocycles. The van der Waals surface area contributed by atoms with Crippen LogP contribution >= 0.6 is 0 Å². The largest absolute Gasteiger partial charge is 0.300 e. The summed E-state index contributed by atoms with van der Waals surface area (Å²) in [5.41, 5.74) is 0. The summed E-state index contributed by atoms with van der Waals surface area (Å²) in [7, 11) is 0. The van der Waals surface area contributed by atoms with E-state index in [1.807, 2.05) is 0 Å². The Kier molecular flexibility index (Phi) is 20.5. The van der Waals surface area contributed by atoms with Crippen LogP contribution < -0.4 is 0 Å². The molecule has 0 aliphatic carbocycles. The second-order valence-corrected chi connectivity index (χ2v) is 1.82.